The van der Waals surface area contributed by atoms with Gasteiger partial charge in [0.05, 0.1) is 6.33 Å². The largest absolute Gasteiger partial charge is 0.339 e. The standard InChI is InChI=1S/C5H5N5O3/c11-4-2-3(7-1-6-2)8-5(9-4)10(12)13/h1,12-13H,(H2,6,7,8,9,11). The van der Waals surface area contributed by atoms with E-state index >= 15 is 0 Å². The van der Waals surface area contributed by atoms with Crippen LogP contribution >= 0.6 is 0 Å². The number of imidazole rings is 1. The van der Waals surface area contributed by atoms with E-state index in [-0.39, 0.29) is 22.3 Å². The van der Waals surface area contributed by atoms with E-state index in [0.29, 0.717) is 0 Å². The van der Waals surface area contributed by atoms with E-state index in [1.165, 1.54) is 6.33 Å². The van der Waals surface area contributed by atoms with Crippen molar-refractivity contribution in [1.29, 1.82) is 0 Å². The lowest BCUT2D eigenvalue weighted by Gasteiger charge is -2.04. The number of aromatic nitrogens is 4. The predicted octanol–water partition coefficient (Wildman–Crippen LogP) is -0.769. The summed E-state index contributed by atoms with van der Waals surface area (Å²) in [7, 11) is 0. The number of rotatable bonds is 1. The summed E-state index contributed by atoms with van der Waals surface area (Å²) in [5, 5.41) is 16.8. The third-order valence-corrected chi connectivity index (χ3v) is 1.47. The molecule has 4 N–H and O–H groups in total. The highest BCUT2D eigenvalue weighted by Gasteiger charge is 2.08. The second-order valence-electron chi connectivity index (χ2n) is 2.28. The molecular formula is C5H5N5O3. The number of H-pyrrole nitrogens is 2. The number of hydrogen-bond acceptors (Lipinski definition) is 6. The lowest BCUT2D eigenvalue weighted by Crippen LogP contribution is -2.19. The van der Waals surface area contributed by atoms with Crippen LogP contribution < -0.4 is 10.8 Å². The minimum absolute atomic E-state index is 0.117. The lowest BCUT2D eigenvalue weighted by molar-refractivity contribution is 0.0242. The number of anilines is 1. The molecule has 0 spiro atoms. The maximum Gasteiger partial charge on any atom is 0.278 e. The van der Waals surface area contributed by atoms with Crippen LogP contribution in [0.2, 0.25) is 0 Å². The smallest absolute Gasteiger partial charge is 0.278 e. The predicted molar refractivity (Wildman–Crippen MR) is 40.6 cm³/mol. The van der Waals surface area contributed by atoms with Gasteiger partial charge in [0.2, 0.25) is 0 Å². The summed E-state index contributed by atoms with van der Waals surface area (Å²) in [5.74, 6) is -0.385. The number of nitrogens with one attached hydrogen (secondary N) is 2. The molecule has 0 saturated heterocycles. The number of aromatic amines is 2. The number of fused-ring (bicyclic) bond motifs is 1. The van der Waals surface area contributed by atoms with Gasteiger partial charge >= 0.3 is 0 Å². The Kier molecular flexibility index (Phi) is 1.50. The molecule has 0 saturated carbocycles. The van der Waals surface area contributed by atoms with Crippen molar-refractivity contribution in [2.45, 2.75) is 0 Å². The molecule has 0 fully saturated rings. The van der Waals surface area contributed by atoms with Crippen molar-refractivity contribution in [3.05, 3.63) is 16.7 Å². The molecule has 2 aromatic rings. The summed E-state index contributed by atoms with van der Waals surface area (Å²) in [6, 6.07) is 0. The summed E-state index contributed by atoms with van der Waals surface area (Å²) < 4.78 is 0. The van der Waals surface area contributed by atoms with Crippen molar-refractivity contribution in [1.82, 2.24) is 19.9 Å². The Labute approximate surface area is 70.4 Å². The molecule has 0 unspecified atom stereocenters. The van der Waals surface area contributed by atoms with Crippen LogP contribution in [-0.4, -0.2) is 30.4 Å². The maximum atomic E-state index is 11.1. The number of hydrogen-bond donors (Lipinski definition) is 4. The van der Waals surface area contributed by atoms with E-state index in [1.54, 1.807) is 0 Å². The first-order chi connectivity index (χ1) is 6.18. The molecule has 0 aliphatic heterocycles. The van der Waals surface area contributed by atoms with E-state index in [0.717, 1.165) is 0 Å². The second kappa shape index (κ2) is 2.54. The average molecular weight is 183 g/mol. The van der Waals surface area contributed by atoms with E-state index in [4.69, 9.17) is 10.4 Å². The van der Waals surface area contributed by atoms with Gasteiger partial charge in [-0.15, -0.1) is 0 Å². The van der Waals surface area contributed by atoms with Crippen LogP contribution in [-0.2, 0) is 0 Å². The van der Waals surface area contributed by atoms with Crippen molar-refractivity contribution in [3.63, 3.8) is 0 Å². The van der Waals surface area contributed by atoms with Gasteiger partial charge in [-0.05, 0) is 0 Å². The van der Waals surface area contributed by atoms with Crippen LogP contribution in [0.4, 0.5) is 5.95 Å². The Morgan fingerprint density at radius 2 is 2.23 bits per heavy atom. The summed E-state index contributed by atoms with van der Waals surface area (Å²) in [6.07, 6.45) is 1.29. The van der Waals surface area contributed by atoms with Gasteiger partial charge < -0.3 is 4.98 Å². The highest BCUT2D eigenvalue weighted by atomic mass is 16.8. The zero-order chi connectivity index (χ0) is 9.42. The maximum absolute atomic E-state index is 11.1. The summed E-state index contributed by atoms with van der Waals surface area (Å²) in [6.45, 7) is 0. The molecule has 8 nitrogen and oxygen atoms in total. The third-order valence-electron chi connectivity index (χ3n) is 1.47. The van der Waals surface area contributed by atoms with Gasteiger partial charge in [-0.25, -0.2) is 4.98 Å². The molecule has 0 aliphatic rings. The topological polar surface area (TPSA) is 118 Å². The van der Waals surface area contributed by atoms with Gasteiger partial charge in [0.15, 0.2) is 11.2 Å². The first-order valence-corrected chi connectivity index (χ1v) is 3.30. The third kappa shape index (κ3) is 1.13. The Balaban J connectivity index is 2.77. The molecule has 13 heavy (non-hydrogen) atoms. The Morgan fingerprint density at radius 1 is 1.46 bits per heavy atom. The van der Waals surface area contributed by atoms with Crippen LogP contribution in [0.5, 0.6) is 0 Å². The fourth-order valence-electron chi connectivity index (χ4n) is 0.926. The minimum atomic E-state index is -0.523. The molecule has 0 bridgehead atoms. The molecule has 0 aromatic carbocycles. The fourth-order valence-corrected chi connectivity index (χ4v) is 0.926. The Morgan fingerprint density at radius 3 is 2.92 bits per heavy atom. The van der Waals surface area contributed by atoms with Crippen molar-refractivity contribution < 1.29 is 10.4 Å². The summed E-state index contributed by atoms with van der Waals surface area (Å²) in [5.41, 5.74) is -0.219. The SMILES string of the molecule is O=c1[nH]c(N(O)O)nc2nc[nH]c12. The van der Waals surface area contributed by atoms with E-state index in [9.17, 15) is 4.79 Å². The Hall–Kier alpha value is -1.93. The molecule has 68 valence electrons. The normalized spacial score (nSPS) is 10.6. The first-order valence-electron chi connectivity index (χ1n) is 3.30. The molecule has 0 aliphatic carbocycles. The minimum Gasteiger partial charge on any atom is -0.339 e. The van der Waals surface area contributed by atoms with Crippen molar-refractivity contribution in [2.75, 3.05) is 5.23 Å². The second-order valence-corrected chi connectivity index (χ2v) is 2.28. The van der Waals surface area contributed by atoms with Gasteiger partial charge in [-0.2, -0.15) is 4.98 Å². The van der Waals surface area contributed by atoms with E-state index in [1.807, 2.05) is 0 Å². The van der Waals surface area contributed by atoms with E-state index < -0.39 is 5.56 Å². The first kappa shape index (κ1) is 7.71. The van der Waals surface area contributed by atoms with Crippen LogP contribution in [0, 0.1) is 0 Å². The molecule has 2 aromatic heterocycles. The Bertz CT molecular complexity index is 486. The van der Waals surface area contributed by atoms with Gasteiger partial charge in [-0.1, -0.05) is 5.23 Å². The van der Waals surface area contributed by atoms with Crippen molar-refractivity contribution in [2.24, 2.45) is 0 Å². The van der Waals surface area contributed by atoms with Crippen LogP contribution in [0.1, 0.15) is 0 Å². The zero-order valence-corrected chi connectivity index (χ0v) is 6.22. The monoisotopic (exact) mass is 183 g/mol. The van der Waals surface area contributed by atoms with Crippen LogP contribution in [0.3, 0.4) is 0 Å². The van der Waals surface area contributed by atoms with E-state index in [2.05, 4.69) is 19.9 Å². The molecule has 0 amide bonds. The number of nitrogens with zero attached hydrogens (tertiary/aromatic N) is 3. The van der Waals surface area contributed by atoms with Crippen molar-refractivity contribution in [3.8, 4) is 0 Å². The fraction of sp³-hybridized carbons (Fsp3) is 0. The van der Waals surface area contributed by atoms with Gasteiger partial charge in [-0.3, -0.25) is 20.2 Å². The summed E-state index contributed by atoms with van der Waals surface area (Å²) in [4.78, 5) is 23.1. The highest BCUT2D eigenvalue weighted by Crippen LogP contribution is 2.03. The summed E-state index contributed by atoms with van der Waals surface area (Å²) >= 11 is 0. The molecule has 8 heteroatoms. The van der Waals surface area contributed by atoms with Gasteiger partial charge in [0.25, 0.3) is 11.5 Å². The molecule has 0 radical (unpaired) electrons. The average Bonchev–Trinajstić information content (AvgIpc) is 2.51. The molecule has 2 heterocycles. The quantitative estimate of drug-likeness (QED) is 0.431. The molecule has 0 atom stereocenters. The molecule has 2 rings (SSSR count). The molecular weight excluding hydrogens is 178 g/mol. The van der Waals surface area contributed by atoms with Crippen molar-refractivity contribution >= 4 is 17.1 Å². The van der Waals surface area contributed by atoms with Gasteiger partial charge in [0, 0.05) is 0 Å². The van der Waals surface area contributed by atoms with Crippen LogP contribution in [0.15, 0.2) is 11.1 Å². The van der Waals surface area contributed by atoms with Gasteiger partial charge in [0.1, 0.15) is 0 Å². The zero-order valence-electron chi connectivity index (χ0n) is 6.22. The lowest BCUT2D eigenvalue weighted by atomic mass is 10.5. The van der Waals surface area contributed by atoms with Crippen LogP contribution in [0.25, 0.3) is 11.2 Å². The highest BCUT2D eigenvalue weighted by molar-refractivity contribution is 5.69.